The third-order valence-electron chi connectivity index (χ3n) is 5.51. The number of aromatic nitrogens is 2. The van der Waals surface area contributed by atoms with Crippen LogP contribution in [0.5, 0.6) is 0 Å². The minimum Gasteiger partial charge on any atom is -0.334 e. The number of hydrogen-bond donors (Lipinski definition) is 0. The largest absolute Gasteiger partial charge is 0.334 e. The van der Waals surface area contributed by atoms with Crippen LogP contribution in [0.1, 0.15) is 36.0 Å². The van der Waals surface area contributed by atoms with Gasteiger partial charge in [-0.3, -0.25) is 4.79 Å². The van der Waals surface area contributed by atoms with E-state index in [0.29, 0.717) is 17.3 Å². The highest BCUT2D eigenvalue weighted by Crippen LogP contribution is 2.30. The van der Waals surface area contributed by atoms with Gasteiger partial charge in [0.1, 0.15) is 11.5 Å². The van der Waals surface area contributed by atoms with Gasteiger partial charge >= 0.3 is 0 Å². The van der Waals surface area contributed by atoms with E-state index in [0.717, 1.165) is 32.4 Å². The lowest BCUT2D eigenvalue weighted by molar-refractivity contribution is 0.0664. The van der Waals surface area contributed by atoms with Crippen molar-refractivity contribution >= 4 is 5.91 Å². The van der Waals surface area contributed by atoms with Gasteiger partial charge in [-0.05, 0) is 51.4 Å². The maximum atomic E-state index is 13.9. The zero-order chi connectivity index (χ0) is 17.4. The summed E-state index contributed by atoms with van der Waals surface area (Å²) >= 11 is 0. The number of hydrogen-bond acceptors (Lipinski definition) is 3. The molecule has 1 aromatic heterocycles. The van der Waals surface area contributed by atoms with Gasteiger partial charge in [0.2, 0.25) is 0 Å². The molecule has 6 heteroatoms. The summed E-state index contributed by atoms with van der Waals surface area (Å²) in [6.45, 7) is 1.90. The van der Waals surface area contributed by atoms with E-state index in [-0.39, 0.29) is 17.8 Å². The van der Waals surface area contributed by atoms with Crippen LogP contribution >= 0.6 is 0 Å². The lowest BCUT2D eigenvalue weighted by Crippen LogP contribution is -2.47. The fraction of sp³-hybridized carbons (Fsp3) is 0.474. The minimum atomic E-state index is -0.351. The van der Waals surface area contributed by atoms with E-state index >= 15 is 0 Å². The number of carbonyl (C=O) groups excluding carboxylic acids is 1. The van der Waals surface area contributed by atoms with Crippen LogP contribution in [0, 0.1) is 5.82 Å². The zero-order valence-electron chi connectivity index (χ0n) is 14.4. The van der Waals surface area contributed by atoms with Crippen LogP contribution in [0.2, 0.25) is 0 Å². The number of likely N-dealkylation sites (N-methyl/N-ethyl adjacent to an activating group) is 1. The Hall–Kier alpha value is -2.21. The van der Waals surface area contributed by atoms with Gasteiger partial charge in [-0.25, -0.2) is 9.07 Å². The molecule has 3 heterocycles. The van der Waals surface area contributed by atoms with E-state index in [1.165, 1.54) is 17.2 Å². The van der Waals surface area contributed by atoms with Crippen LogP contribution in [0.3, 0.4) is 0 Å². The van der Waals surface area contributed by atoms with Crippen LogP contribution in [0.15, 0.2) is 36.7 Å². The summed E-state index contributed by atoms with van der Waals surface area (Å²) in [6, 6.07) is 7.17. The van der Waals surface area contributed by atoms with Gasteiger partial charge in [0.05, 0.1) is 11.8 Å². The summed E-state index contributed by atoms with van der Waals surface area (Å²) in [4.78, 5) is 17.4. The van der Waals surface area contributed by atoms with Crippen molar-refractivity contribution < 1.29 is 9.18 Å². The zero-order valence-corrected chi connectivity index (χ0v) is 14.4. The lowest BCUT2D eigenvalue weighted by Gasteiger charge is -2.33. The van der Waals surface area contributed by atoms with Gasteiger partial charge in [-0.1, -0.05) is 12.1 Å². The molecule has 0 N–H and O–H groups in total. The topological polar surface area (TPSA) is 41.4 Å². The SMILES string of the molecule is CN1CCC[C@@H]1[C@@H]1CCCN1C(=O)c1cnn(-c2ccccc2F)c1. The van der Waals surface area contributed by atoms with Crippen molar-refractivity contribution in [3.63, 3.8) is 0 Å². The molecule has 2 atom stereocenters. The summed E-state index contributed by atoms with van der Waals surface area (Å²) in [5, 5.41) is 4.20. The predicted octanol–water partition coefficient (Wildman–Crippen LogP) is 2.71. The van der Waals surface area contributed by atoms with Crippen LogP contribution in [-0.4, -0.2) is 57.7 Å². The van der Waals surface area contributed by atoms with Crippen LogP contribution in [0.25, 0.3) is 5.69 Å². The number of benzene rings is 1. The minimum absolute atomic E-state index is 0.00499. The van der Waals surface area contributed by atoms with Crippen molar-refractivity contribution in [3.8, 4) is 5.69 Å². The second-order valence-electron chi connectivity index (χ2n) is 7.02. The predicted molar refractivity (Wildman–Crippen MR) is 93.2 cm³/mol. The number of rotatable bonds is 3. The molecule has 25 heavy (non-hydrogen) atoms. The first kappa shape index (κ1) is 16.3. The Labute approximate surface area is 147 Å². The Morgan fingerprint density at radius 2 is 1.92 bits per heavy atom. The Balaban J connectivity index is 1.56. The molecule has 132 valence electrons. The molecule has 2 fully saturated rings. The van der Waals surface area contributed by atoms with Gasteiger partial charge in [0.15, 0.2) is 0 Å². The van der Waals surface area contributed by atoms with Crippen LogP contribution < -0.4 is 0 Å². The van der Waals surface area contributed by atoms with Crippen molar-refractivity contribution in [2.24, 2.45) is 0 Å². The molecule has 0 saturated carbocycles. The monoisotopic (exact) mass is 342 g/mol. The van der Waals surface area contributed by atoms with Crippen LogP contribution in [0.4, 0.5) is 4.39 Å². The van der Waals surface area contributed by atoms with E-state index in [2.05, 4.69) is 17.0 Å². The molecule has 0 bridgehead atoms. The van der Waals surface area contributed by atoms with Gasteiger partial charge < -0.3 is 9.80 Å². The second kappa shape index (κ2) is 6.59. The smallest absolute Gasteiger partial charge is 0.257 e. The third-order valence-corrected chi connectivity index (χ3v) is 5.51. The molecule has 2 aliphatic rings. The molecule has 1 aromatic carbocycles. The Morgan fingerprint density at radius 3 is 2.68 bits per heavy atom. The number of likely N-dealkylation sites (tertiary alicyclic amines) is 2. The Bertz CT molecular complexity index is 774. The highest BCUT2D eigenvalue weighted by molar-refractivity contribution is 5.94. The maximum absolute atomic E-state index is 13.9. The third kappa shape index (κ3) is 2.95. The van der Waals surface area contributed by atoms with E-state index < -0.39 is 0 Å². The first-order chi connectivity index (χ1) is 12.1. The van der Waals surface area contributed by atoms with Crippen LogP contribution in [-0.2, 0) is 0 Å². The van der Waals surface area contributed by atoms with Crippen molar-refractivity contribution in [1.29, 1.82) is 0 Å². The van der Waals surface area contributed by atoms with E-state index in [1.54, 1.807) is 30.6 Å². The van der Waals surface area contributed by atoms with Gasteiger partial charge in [0.25, 0.3) is 5.91 Å². The number of amides is 1. The van der Waals surface area contributed by atoms with Gasteiger partial charge in [-0.2, -0.15) is 5.10 Å². The molecular formula is C19H23FN4O. The standard InChI is InChI=1S/C19H23FN4O/c1-22-10-4-8-17(22)18-9-5-11-23(18)19(25)14-12-21-24(13-14)16-7-3-2-6-15(16)20/h2-3,6-7,12-13,17-18H,4-5,8-11H2,1H3/t17-,18+/m1/s1. The first-order valence-corrected chi connectivity index (χ1v) is 8.96. The molecule has 1 amide bonds. The van der Waals surface area contributed by atoms with Gasteiger partial charge in [-0.15, -0.1) is 0 Å². The Morgan fingerprint density at radius 1 is 1.16 bits per heavy atom. The van der Waals surface area contributed by atoms with Crippen molar-refractivity contribution in [2.75, 3.05) is 20.1 Å². The molecule has 2 saturated heterocycles. The fourth-order valence-corrected chi connectivity index (χ4v) is 4.24. The van der Waals surface area contributed by atoms with E-state index in [4.69, 9.17) is 0 Å². The molecule has 5 nitrogen and oxygen atoms in total. The molecule has 0 unspecified atom stereocenters. The molecule has 0 spiro atoms. The first-order valence-electron chi connectivity index (χ1n) is 8.96. The van der Waals surface area contributed by atoms with Crippen molar-refractivity contribution in [1.82, 2.24) is 19.6 Å². The summed E-state index contributed by atoms with van der Waals surface area (Å²) in [7, 11) is 2.15. The number of para-hydroxylation sites is 1. The summed E-state index contributed by atoms with van der Waals surface area (Å²) in [5.74, 6) is -0.346. The van der Waals surface area contributed by atoms with Gasteiger partial charge in [0, 0.05) is 24.8 Å². The molecule has 0 radical (unpaired) electrons. The quantitative estimate of drug-likeness (QED) is 0.861. The van der Waals surface area contributed by atoms with E-state index in [9.17, 15) is 9.18 Å². The molecule has 2 aromatic rings. The van der Waals surface area contributed by atoms with Crippen molar-refractivity contribution in [2.45, 2.75) is 37.8 Å². The molecular weight excluding hydrogens is 319 g/mol. The Kier molecular flexibility index (Phi) is 4.29. The highest BCUT2D eigenvalue weighted by Gasteiger charge is 2.38. The number of halogens is 1. The average molecular weight is 342 g/mol. The second-order valence-corrected chi connectivity index (χ2v) is 7.02. The highest BCUT2D eigenvalue weighted by atomic mass is 19.1. The number of carbonyl (C=O) groups is 1. The van der Waals surface area contributed by atoms with Crippen molar-refractivity contribution in [3.05, 3.63) is 48.0 Å². The maximum Gasteiger partial charge on any atom is 0.257 e. The molecule has 0 aliphatic carbocycles. The lowest BCUT2D eigenvalue weighted by atomic mass is 10.0. The normalized spacial score (nSPS) is 24.2. The summed E-state index contributed by atoms with van der Waals surface area (Å²) < 4.78 is 15.4. The van der Waals surface area contributed by atoms with E-state index in [1.807, 2.05) is 4.90 Å². The average Bonchev–Trinajstić information content (AvgIpc) is 3.34. The number of nitrogens with zero attached hydrogens (tertiary/aromatic N) is 4. The molecule has 2 aliphatic heterocycles. The summed E-state index contributed by atoms with van der Waals surface area (Å²) in [6.07, 6.45) is 7.63. The summed E-state index contributed by atoms with van der Waals surface area (Å²) in [5.41, 5.74) is 0.880. The molecule has 4 rings (SSSR count). The fourth-order valence-electron chi connectivity index (χ4n) is 4.24.